The summed E-state index contributed by atoms with van der Waals surface area (Å²) in [5.74, 6) is 0. The third-order valence-corrected chi connectivity index (χ3v) is 5.79. The molecule has 0 heterocycles. The Morgan fingerprint density at radius 1 is 0.833 bits per heavy atom. The summed E-state index contributed by atoms with van der Waals surface area (Å²) in [5, 5.41) is 3.58. The van der Waals surface area contributed by atoms with Gasteiger partial charge in [0.2, 0.25) is 0 Å². The Bertz CT molecular complexity index is 640. The third kappa shape index (κ3) is 5.60. The highest BCUT2D eigenvalue weighted by Crippen LogP contribution is 2.16. The minimum Gasteiger partial charge on any atom is -0.321 e. The van der Waals surface area contributed by atoms with Gasteiger partial charge in [-0.2, -0.15) is 0 Å². The second-order valence-electron chi connectivity index (χ2n) is 6.11. The Kier molecular flexibility index (Phi) is 6.60. The van der Waals surface area contributed by atoms with Crippen molar-refractivity contribution in [2.75, 3.05) is 13.1 Å². The summed E-state index contributed by atoms with van der Waals surface area (Å²) in [7, 11) is 0.243. The van der Waals surface area contributed by atoms with Gasteiger partial charge in [-0.15, -0.1) is 0 Å². The summed E-state index contributed by atoms with van der Waals surface area (Å²) in [6.07, 6.45) is 8.99. The zero-order valence-corrected chi connectivity index (χ0v) is 15.2. The van der Waals surface area contributed by atoms with Gasteiger partial charge in [-0.3, -0.25) is 0 Å². The largest absolute Gasteiger partial charge is 0.321 e. The molecule has 0 saturated carbocycles. The van der Waals surface area contributed by atoms with Crippen LogP contribution in [0.2, 0.25) is 5.54 Å². The van der Waals surface area contributed by atoms with E-state index < -0.39 is 0 Å². The molecule has 0 aliphatic heterocycles. The molecular formula is C21H25N2Si. The molecule has 0 bridgehead atoms. The van der Waals surface area contributed by atoms with Gasteiger partial charge in [0.05, 0.1) is 0 Å². The number of hydrogen-bond acceptors (Lipinski definition) is 2. The van der Waals surface area contributed by atoms with Crippen molar-refractivity contribution in [3.63, 3.8) is 0 Å². The Morgan fingerprint density at radius 3 is 2.12 bits per heavy atom. The first-order valence-electron chi connectivity index (χ1n) is 8.63. The van der Waals surface area contributed by atoms with Crippen LogP contribution in [0.3, 0.4) is 0 Å². The molecule has 1 N–H and O–H groups in total. The number of allylic oxidation sites excluding steroid dienone is 4. The molecule has 3 rings (SSSR count). The second-order valence-corrected chi connectivity index (χ2v) is 7.91. The Balaban J connectivity index is 1.49. The second kappa shape index (κ2) is 9.38. The number of rotatable bonds is 9. The molecule has 2 nitrogen and oxygen atoms in total. The maximum Gasteiger partial charge on any atom is 0.128 e. The van der Waals surface area contributed by atoms with E-state index >= 15 is 0 Å². The maximum absolute atomic E-state index is 3.58. The van der Waals surface area contributed by atoms with Crippen molar-refractivity contribution in [1.29, 1.82) is 0 Å². The van der Waals surface area contributed by atoms with E-state index in [1.807, 2.05) is 0 Å². The van der Waals surface area contributed by atoms with Crippen molar-refractivity contribution in [2.24, 2.45) is 0 Å². The predicted molar refractivity (Wildman–Crippen MR) is 104 cm³/mol. The summed E-state index contributed by atoms with van der Waals surface area (Å²) in [6, 6.07) is 21.4. The molecule has 0 fully saturated rings. The van der Waals surface area contributed by atoms with Gasteiger partial charge in [-0.25, -0.2) is 0 Å². The summed E-state index contributed by atoms with van der Waals surface area (Å²) < 4.78 is 2.62. The van der Waals surface area contributed by atoms with Gasteiger partial charge in [0, 0.05) is 31.7 Å². The van der Waals surface area contributed by atoms with E-state index in [0.29, 0.717) is 5.54 Å². The van der Waals surface area contributed by atoms with Crippen LogP contribution in [0, 0.1) is 0 Å². The van der Waals surface area contributed by atoms with Crippen LogP contribution in [0.15, 0.2) is 85.0 Å². The minimum atomic E-state index is 0.243. The predicted octanol–water partition coefficient (Wildman–Crippen LogP) is 3.54. The van der Waals surface area contributed by atoms with Crippen molar-refractivity contribution in [1.82, 2.24) is 9.88 Å². The summed E-state index contributed by atoms with van der Waals surface area (Å²) in [5.41, 5.74) is 3.38. The molecule has 1 aliphatic rings. The van der Waals surface area contributed by atoms with E-state index in [-0.39, 0.29) is 9.68 Å². The van der Waals surface area contributed by atoms with E-state index in [0.717, 1.165) is 26.2 Å². The molecule has 1 radical (unpaired) electrons. The molecule has 1 aliphatic carbocycles. The van der Waals surface area contributed by atoms with Gasteiger partial charge in [-0.1, -0.05) is 85.0 Å². The minimum absolute atomic E-state index is 0.243. The lowest BCUT2D eigenvalue weighted by molar-refractivity contribution is 0.424. The van der Waals surface area contributed by atoms with Gasteiger partial charge in [0.15, 0.2) is 0 Å². The van der Waals surface area contributed by atoms with E-state index in [4.69, 9.17) is 0 Å². The van der Waals surface area contributed by atoms with E-state index in [1.165, 1.54) is 11.1 Å². The molecule has 2 aromatic carbocycles. The zero-order valence-electron chi connectivity index (χ0n) is 14.0. The Labute approximate surface area is 147 Å². The number of hydrogen-bond donors (Lipinski definition) is 1. The van der Waals surface area contributed by atoms with Gasteiger partial charge >= 0.3 is 0 Å². The van der Waals surface area contributed by atoms with Gasteiger partial charge in [0.25, 0.3) is 0 Å². The summed E-state index contributed by atoms with van der Waals surface area (Å²) in [6.45, 7) is 4.10. The molecule has 3 heteroatoms. The Hall–Kier alpha value is -1.94. The first-order valence-corrected chi connectivity index (χ1v) is 9.81. The average Bonchev–Trinajstić information content (AvgIpc) is 3.13. The molecule has 0 aromatic heterocycles. The number of nitrogens with one attached hydrogen (secondary N) is 1. The zero-order chi connectivity index (χ0) is 16.5. The van der Waals surface area contributed by atoms with E-state index in [1.54, 1.807) is 0 Å². The number of nitrogens with zero attached hydrogens (tertiary/aromatic N) is 1. The van der Waals surface area contributed by atoms with E-state index in [2.05, 4.69) is 94.9 Å². The molecule has 0 spiro atoms. The molecule has 0 saturated heterocycles. The van der Waals surface area contributed by atoms with Crippen molar-refractivity contribution < 1.29 is 0 Å². The standard InChI is InChI=1S/C21H25N2Si/c1-3-9-19(10-4-1)17-22-15-16-23(24-21-13-7-8-14-21)18-20-11-5-2-6-12-20/h1-14,21-22,24H,15-18H2. The van der Waals surface area contributed by atoms with Gasteiger partial charge in [-0.05, 0) is 11.1 Å². The van der Waals surface area contributed by atoms with Crippen molar-refractivity contribution in [3.05, 3.63) is 96.1 Å². The monoisotopic (exact) mass is 333 g/mol. The Morgan fingerprint density at radius 2 is 1.46 bits per heavy atom. The average molecular weight is 334 g/mol. The van der Waals surface area contributed by atoms with Gasteiger partial charge in [0.1, 0.15) is 9.68 Å². The highest BCUT2D eigenvalue weighted by Gasteiger charge is 2.13. The highest BCUT2D eigenvalue weighted by atomic mass is 28.2. The molecule has 0 amide bonds. The van der Waals surface area contributed by atoms with Crippen LogP contribution in [-0.4, -0.2) is 27.3 Å². The fourth-order valence-corrected chi connectivity index (χ4v) is 4.40. The molecule has 0 unspecified atom stereocenters. The topological polar surface area (TPSA) is 15.3 Å². The molecule has 24 heavy (non-hydrogen) atoms. The van der Waals surface area contributed by atoms with Crippen LogP contribution < -0.4 is 5.32 Å². The first-order chi connectivity index (χ1) is 11.9. The van der Waals surface area contributed by atoms with Gasteiger partial charge < -0.3 is 9.88 Å². The first kappa shape index (κ1) is 16.9. The molecule has 2 aromatic rings. The van der Waals surface area contributed by atoms with E-state index in [9.17, 15) is 0 Å². The smallest absolute Gasteiger partial charge is 0.128 e. The normalized spacial score (nSPS) is 13.9. The lowest BCUT2D eigenvalue weighted by Gasteiger charge is -2.24. The summed E-state index contributed by atoms with van der Waals surface area (Å²) >= 11 is 0. The lowest BCUT2D eigenvalue weighted by atomic mass is 10.2. The number of benzene rings is 2. The van der Waals surface area contributed by atoms with Crippen molar-refractivity contribution in [3.8, 4) is 0 Å². The van der Waals surface area contributed by atoms with Crippen LogP contribution >= 0.6 is 0 Å². The third-order valence-electron chi connectivity index (χ3n) is 4.14. The van der Waals surface area contributed by atoms with Crippen LogP contribution in [0.1, 0.15) is 11.1 Å². The van der Waals surface area contributed by atoms with Crippen LogP contribution in [0.25, 0.3) is 0 Å². The molecular weight excluding hydrogens is 308 g/mol. The molecule has 0 atom stereocenters. The van der Waals surface area contributed by atoms with Crippen LogP contribution in [0.5, 0.6) is 0 Å². The lowest BCUT2D eigenvalue weighted by Crippen LogP contribution is -2.35. The quantitative estimate of drug-likeness (QED) is 0.558. The maximum atomic E-state index is 3.58. The fourth-order valence-electron chi connectivity index (χ4n) is 2.87. The SMILES string of the molecule is C1=CC([SiH]N(CCNCc2ccccc2)Cc2ccccc2)C=C1. The van der Waals surface area contributed by atoms with Crippen molar-refractivity contribution >= 4 is 9.68 Å². The molecule has 123 valence electrons. The van der Waals surface area contributed by atoms with Crippen LogP contribution in [0.4, 0.5) is 0 Å². The van der Waals surface area contributed by atoms with Crippen LogP contribution in [-0.2, 0) is 13.1 Å². The fraction of sp³-hybridized carbons (Fsp3) is 0.238. The highest BCUT2D eigenvalue weighted by molar-refractivity contribution is 6.36. The van der Waals surface area contributed by atoms with Crippen molar-refractivity contribution in [2.45, 2.75) is 18.6 Å². The summed E-state index contributed by atoms with van der Waals surface area (Å²) in [4.78, 5) is 0.